The van der Waals surface area contributed by atoms with Gasteiger partial charge in [-0.15, -0.1) is 6.42 Å². The van der Waals surface area contributed by atoms with Crippen molar-refractivity contribution in [1.82, 2.24) is 10.2 Å². The molecule has 1 amide bonds. The fraction of sp³-hybridized carbons (Fsp3) is 0.750. The van der Waals surface area contributed by atoms with E-state index in [1.54, 1.807) is 4.90 Å². The first-order valence-electron chi connectivity index (χ1n) is 5.72. The Morgan fingerprint density at radius 2 is 2.47 bits per heavy atom. The highest BCUT2D eigenvalue weighted by atomic mass is 16.2. The molecule has 3 nitrogen and oxygen atoms in total. The maximum atomic E-state index is 11.9. The average Bonchev–Trinajstić information content (AvgIpc) is 2.70. The van der Waals surface area contributed by atoms with Crippen LogP contribution in [0.5, 0.6) is 0 Å². The molecule has 84 valence electrons. The minimum Gasteiger partial charge on any atom is -0.332 e. The number of hydrogen-bond acceptors (Lipinski definition) is 2. The molecule has 1 unspecified atom stereocenters. The Balaban J connectivity index is 2.37. The number of nitrogens with zero attached hydrogens (tertiary/aromatic N) is 1. The van der Waals surface area contributed by atoms with Crippen LogP contribution in [0.3, 0.4) is 0 Å². The van der Waals surface area contributed by atoms with Crippen LogP contribution in [0.1, 0.15) is 32.6 Å². The molecule has 0 aromatic rings. The van der Waals surface area contributed by atoms with Gasteiger partial charge in [-0.2, -0.15) is 0 Å². The van der Waals surface area contributed by atoms with Gasteiger partial charge in [-0.1, -0.05) is 12.8 Å². The van der Waals surface area contributed by atoms with Crippen molar-refractivity contribution in [2.75, 3.05) is 19.6 Å². The lowest BCUT2D eigenvalue weighted by atomic mass is 10.1. The van der Waals surface area contributed by atoms with E-state index in [1.165, 1.54) is 6.42 Å². The Morgan fingerprint density at radius 1 is 1.67 bits per heavy atom. The number of terminal acetylenes is 1. The second-order valence-corrected chi connectivity index (χ2v) is 4.02. The van der Waals surface area contributed by atoms with Crippen LogP contribution in [0.25, 0.3) is 0 Å². The molecule has 1 heterocycles. The summed E-state index contributed by atoms with van der Waals surface area (Å²) in [7, 11) is 0. The van der Waals surface area contributed by atoms with Crippen molar-refractivity contribution >= 4 is 5.91 Å². The molecule has 1 aliphatic rings. The van der Waals surface area contributed by atoms with E-state index in [1.807, 2.05) is 0 Å². The predicted octanol–water partition coefficient (Wildman–Crippen LogP) is 1.00. The number of hydrogen-bond donors (Lipinski definition) is 1. The van der Waals surface area contributed by atoms with Crippen molar-refractivity contribution in [3.8, 4) is 12.3 Å². The lowest BCUT2D eigenvalue weighted by molar-refractivity contribution is -0.131. The predicted molar refractivity (Wildman–Crippen MR) is 61.3 cm³/mol. The molecule has 1 aliphatic heterocycles. The molecule has 3 heteroatoms. The summed E-state index contributed by atoms with van der Waals surface area (Å²) in [6, 6.07) is 0.370. The Labute approximate surface area is 92.2 Å². The second kappa shape index (κ2) is 6.47. The Hall–Kier alpha value is -1.01. The number of nitrogens with one attached hydrogen (secondary N) is 1. The van der Waals surface area contributed by atoms with Gasteiger partial charge in [-0.05, 0) is 25.8 Å². The summed E-state index contributed by atoms with van der Waals surface area (Å²) in [6.45, 7) is 4.32. The van der Waals surface area contributed by atoms with Gasteiger partial charge in [-0.25, -0.2) is 0 Å². The standard InChI is InChI=1S/C12H20N2O/c1-3-8-14(9-4-2)12(15)10-11-6-5-7-13-11/h1,11,13H,4-10H2,2H3. The third-order valence-electron chi connectivity index (χ3n) is 2.71. The molecule has 0 spiro atoms. The van der Waals surface area contributed by atoms with Crippen LogP contribution in [-0.4, -0.2) is 36.5 Å². The second-order valence-electron chi connectivity index (χ2n) is 4.02. The van der Waals surface area contributed by atoms with Crippen molar-refractivity contribution in [3.63, 3.8) is 0 Å². The van der Waals surface area contributed by atoms with E-state index < -0.39 is 0 Å². The van der Waals surface area contributed by atoms with Crippen molar-refractivity contribution < 1.29 is 4.79 Å². The number of carbonyl (C=O) groups excluding carboxylic acids is 1. The van der Waals surface area contributed by atoms with Crippen LogP contribution in [0.15, 0.2) is 0 Å². The summed E-state index contributed by atoms with van der Waals surface area (Å²) < 4.78 is 0. The molecule has 1 atom stereocenters. The summed E-state index contributed by atoms with van der Waals surface area (Å²) in [5, 5.41) is 3.33. The van der Waals surface area contributed by atoms with E-state index in [2.05, 4.69) is 18.2 Å². The summed E-state index contributed by atoms with van der Waals surface area (Å²) in [6.07, 6.45) is 9.10. The normalized spacial score (nSPS) is 19.9. The largest absolute Gasteiger partial charge is 0.332 e. The Bertz CT molecular complexity index is 238. The third-order valence-corrected chi connectivity index (χ3v) is 2.71. The minimum absolute atomic E-state index is 0.189. The van der Waals surface area contributed by atoms with Gasteiger partial charge in [0.15, 0.2) is 0 Å². The highest BCUT2D eigenvalue weighted by molar-refractivity contribution is 5.77. The summed E-state index contributed by atoms with van der Waals surface area (Å²) in [5.74, 6) is 2.73. The number of amides is 1. The van der Waals surface area contributed by atoms with Gasteiger partial charge in [0.05, 0.1) is 6.54 Å². The van der Waals surface area contributed by atoms with E-state index in [0.717, 1.165) is 25.9 Å². The molecule has 0 saturated carbocycles. The molecule has 1 fully saturated rings. The van der Waals surface area contributed by atoms with Crippen LogP contribution >= 0.6 is 0 Å². The molecule has 1 saturated heterocycles. The SMILES string of the molecule is C#CCN(CCC)C(=O)CC1CCCN1. The zero-order valence-corrected chi connectivity index (χ0v) is 9.46. The lowest BCUT2D eigenvalue weighted by Gasteiger charge is -2.21. The highest BCUT2D eigenvalue weighted by Crippen LogP contribution is 2.10. The molecule has 0 radical (unpaired) electrons. The maximum Gasteiger partial charge on any atom is 0.224 e. The van der Waals surface area contributed by atoms with Crippen LogP contribution in [0.2, 0.25) is 0 Å². The van der Waals surface area contributed by atoms with Gasteiger partial charge >= 0.3 is 0 Å². The van der Waals surface area contributed by atoms with Gasteiger partial charge in [0.25, 0.3) is 0 Å². The topological polar surface area (TPSA) is 32.3 Å². The zero-order valence-electron chi connectivity index (χ0n) is 9.46. The fourth-order valence-electron chi connectivity index (χ4n) is 1.94. The molecule has 1 N–H and O–H groups in total. The van der Waals surface area contributed by atoms with Crippen molar-refractivity contribution in [2.24, 2.45) is 0 Å². The zero-order chi connectivity index (χ0) is 11.1. The monoisotopic (exact) mass is 208 g/mol. The first kappa shape index (κ1) is 12.1. The maximum absolute atomic E-state index is 11.9. The van der Waals surface area contributed by atoms with E-state index in [-0.39, 0.29) is 5.91 Å². The van der Waals surface area contributed by atoms with Crippen LogP contribution in [0.4, 0.5) is 0 Å². The van der Waals surface area contributed by atoms with Crippen LogP contribution in [0, 0.1) is 12.3 Å². The molecular formula is C12H20N2O. The summed E-state index contributed by atoms with van der Waals surface area (Å²) in [5.41, 5.74) is 0. The highest BCUT2D eigenvalue weighted by Gasteiger charge is 2.20. The van der Waals surface area contributed by atoms with E-state index in [4.69, 9.17) is 6.42 Å². The van der Waals surface area contributed by atoms with Gasteiger partial charge in [-0.3, -0.25) is 4.79 Å². The van der Waals surface area contributed by atoms with E-state index >= 15 is 0 Å². The van der Waals surface area contributed by atoms with Crippen molar-refractivity contribution in [3.05, 3.63) is 0 Å². The molecular weight excluding hydrogens is 188 g/mol. The lowest BCUT2D eigenvalue weighted by Crippen LogP contribution is -2.36. The average molecular weight is 208 g/mol. The molecule has 0 bridgehead atoms. The molecule has 0 aromatic heterocycles. The molecule has 15 heavy (non-hydrogen) atoms. The fourth-order valence-corrected chi connectivity index (χ4v) is 1.94. The molecule has 0 aliphatic carbocycles. The van der Waals surface area contributed by atoms with E-state index in [9.17, 15) is 4.79 Å². The van der Waals surface area contributed by atoms with Gasteiger partial charge in [0.1, 0.15) is 0 Å². The van der Waals surface area contributed by atoms with Gasteiger partial charge < -0.3 is 10.2 Å². The smallest absolute Gasteiger partial charge is 0.224 e. The first-order chi connectivity index (χ1) is 7.27. The molecule has 0 aromatic carbocycles. The number of carbonyl (C=O) groups is 1. The quantitative estimate of drug-likeness (QED) is 0.684. The third kappa shape index (κ3) is 3.93. The number of rotatable bonds is 5. The Morgan fingerprint density at radius 3 is 3.00 bits per heavy atom. The Kier molecular flexibility index (Phi) is 5.20. The first-order valence-corrected chi connectivity index (χ1v) is 5.72. The van der Waals surface area contributed by atoms with Gasteiger partial charge in [0, 0.05) is 19.0 Å². The van der Waals surface area contributed by atoms with Crippen LogP contribution < -0.4 is 5.32 Å². The van der Waals surface area contributed by atoms with Crippen LogP contribution in [-0.2, 0) is 4.79 Å². The van der Waals surface area contributed by atoms with E-state index in [0.29, 0.717) is 19.0 Å². The minimum atomic E-state index is 0.189. The van der Waals surface area contributed by atoms with Crippen molar-refractivity contribution in [2.45, 2.75) is 38.6 Å². The van der Waals surface area contributed by atoms with Gasteiger partial charge in [0.2, 0.25) is 5.91 Å². The molecule has 1 rings (SSSR count). The van der Waals surface area contributed by atoms with Crippen molar-refractivity contribution in [1.29, 1.82) is 0 Å². The summed E-state index contributed by atoms with van der Waals surface area (Å²) >= 11 is 0. The summed E-state index contributed by atoms with van der Waals surface area (Å²) in [4.78, 5) is 13.6.